The van der Waals surface area contributed by atoms with E-state index in [4.69, 9.17) is 4.74 Å². The summed E-state index contributed by atoms with van der Waals surface area (Å²) in [6.45, 7) is 2.14. The molecule has 116 valence electrons. The van der Waals surface area contributed by atoms with Gasteiger partial charge in [0.15, 0.2) is 0 Å². The fraction of sp³-hybridized carbons (Fsp3) is 0.250. The molecule has 0 atom stereocenters. The zero-order valence-corrected chi connectivity index (χ0v) is 13.2. The van der Waals surface area contributed by atoms with Crippen LogP contribution < -0.4 is 4.74 Å². The summed E-state index contributed by atoms with van der Waals surface area (Å²) in [4.78, 5) is 4.59. The van der Waals surface area contributed by atoms with Crippen LogP contribution in [0.3, 0.4) is 0 Å². The molecule has 3 aromatic rings. The number of nitrogens with zero attached hydrogens (tertiary/aromatic N) is 1. The van der Waals surface area contributed by atoms with Crippen molar-refractivity contribution < 1.29 is 9.84 Å². The normalized spacial score (nSPS) is 13.3. The molecule has 0 aliphatic heterocycles. The monoisotopic (exact) mass is 305 g/mol. The summed E-state index contributed by atoms with van der Waals surface area (Å²) in [5, 5.41) is 10.6. The minimum atomic E-state index is -0.0224. The van der Waals surface area contributed by atoms with Crippen molar-refractivity contribution in [3.8, 4) is 11.6 Å². The summed E-state index contributed by atoms with van der Waals surface area (Å²) in [6.07, 6.45) is 3.38. The Bertz CT molecular complexity index is 886. The average molecular weight is 305 g/mol. The van der Waals surface area contributed by atoms with E-state index in [1.54, 1.807) is 0 Å². The number of fused-ring (bicyclic) bond motifs is 2. The Morgan fingerprint density at radius 1 is 1.09 bits per heavy atom. The van der Waals surface area contributed by atoms with Gasteiger partial charge < -0.3 is 9.84 Å². The molecule has 1 aliphatic carbocycles. The molecule has 0 bridgehead atoms. The number of pyridine rings is 1. The molecule has 1 aliphatic rings. The van der Waals surface area contributed by atoms with Gasteiger partial charge in [-0.2, -0.15) is 0 Å². The van der Waals surface area contributed by atoms with Crippen LogP contribution >= 0.6 is 0 Å². The Morgan fingerprint density at radius 2 is 1.91 bits per heavy atom. The quantitative estimate of drug-likeness (QED) is 0.783. The molecule has 0 spiro atoms. The van der Waals surface area contributed by atoms with Gasteiger partial charge in [0.25, 0.3) is 0 Å². The van der Waals surface area contributed by atoms with Gasteiger partial charge >= 0.3 is 0 Å². The van der Waals surface area contributed by atoms with Gasteiger partial charge in [0.2, 0.25) is 5.88 Å². The van der Waals surface area contributed by atoms with Crippen molar-refractivity contribution in [2.45, 2.75) is 32.8 Å². The summed E-state index contributed by atoms with van der Waals surface area (Å²) >= 11 is 0. The van der Waals surface area contributed by atoms with Crippen molar-refractivity contribution in [2.24, 2.45) is 0 Å². The highest BCUT2D eigenvalue weighted by molar-refractivity contribution is 5.82. The number of hydrogen-bond acceptors (Lipinski definition) is 3. The van der Waals surface area contributed by atoms with Crippen LogP contribution in [0.2, 0.25) is 0 Å². The number of para-hydroxylation sites is 1. The Morgan fingerprint density at radius 3 is 2.78 bits per heavy atom. The Balaban J connectivity index is 1.78. The van der Waals surface area contributed by atoms with Crippen molar-refractivity contribution in [3.05, 3.63) is 64.7 Å². The highest BCUT2D eigenvalue weighted by Gasteiger charge is 2.18. The van der Waals surface area contributed by atoms with Crippen LogP contribution in [0.15, 0.2) is 42.5 Å². The first-order chi connectivity index (χ1) is 11.3. The second-order valence-corrected chi connectivity index (χ2v) is 6.09. The summed E-state index contributed by atoms with van der Waals surface area (Å²) in [5.41, 5.74) is 5.76. The van der Waals surface area contributed by atoms with Crippen LogP contribution in [0.1, 0.15) is 28.7 Å². The average Bonchev–Trinajstić information content (AvgIpc) is 3.07. The van der Waals surface area contributed by atoms with Gasteiger partial charge in [0.05, 0.1) is 12.1 Å². The molecule has 3 heteroatoms. The fourth-order valence-corrected chi connectivity index (χ4v) is 3.46. The van der Waals surface area contributed by atoms with Gasteiger partial charge in [0.1, 0.15) is 5.75 Å². The Hall–Kier alpha value is -2.39. The molecule has 4 rings (SSSR count). The second-order valence-electron chi connectivity index (χ2n) is 6.09. The smallest absolute Gasteiger partial charge is 0.220 e. The highest BCUT2D eigenvalue weighted by atomic mass is 16.5. The number of aliphatic hydroxyl groups is 1. The van der Waals surface area contributed by atoms with Crippen molar-refractivity contribution in [2.75, 3.05) is 0 Å². The van der Waals surface area contributed by atoms with E-state index < -0.39 is 0 Å². The maximum Gasteiger partial charge on any atom is 0.220 e. The summed E-state index contributed by atoms with van der Waals surface area (Å²) < 4.78 is 6.10. The van der Waals surface area contributed by atoms with E-state index in [-0.39, 0.29) is 6.61 Å². The molecule has 1 aromatic heterocycles. The molecule has 2 aromatic carbocycles. The minimum Gasteiger partial charge on any atom is -0.439 e. The van der Waals surface area contributed by atoms with Crippen LogP contribution in [0.25, 0.3) is 10.9 Å². The largest absolute Gasteiger partial charge is 0.439 e. The Kier molecular flexibility index (Phi) is 3.50. The summed E-state index contributed by atoms with van der Waals surface area (Å²) in [6, 6.07) is 13.8. The van der Waals surface area contributed by atoms with Crippen molar-refractivity contribution >= 4 is 10.9 Å². The van der Waals surface area contributed by atoms with E-state index in [1.165, 1.54) is 23.1 Å². The SMILES string of the molecule is Cc1ccc(Oc2cc(CO)c3ccccc3n2)c2c1CCC2. The lowest BCUT2D eigenvalue weighted by Crippen LogP contribution is -1.97. The highest BCUT2D eigenvalue weighted by Crippen LogP contribution is 2.35. The van der Waals surface area contributed by atoms with E-state index >= 15 is 0 Å². The third-order valence-corrected chi connectivity index (χ3v) is 4.64. The van der Waals surface area contributed by atoms with Gasteiger partial charge in [-0.15, -0.1) is 0 Å². The number of aliphatic hydroxyl groups excluding tert-OH is 1. The first kappa shape index (κ1) is 14.2. The molecular formula is C20H19NO2. The molecule has 1 N–H and O–H groups in total. The number of ether oxygens (including phenoxy) is 1. The minimum absolute atomic E-state index is 0.0224. The van der Waals surface area contributed by atoms with Gasteiger partial charge in [-0.1, -0.05) is 24.3 Å². The van der Waals surface area contributed by atoms with E-state index in [0.717, 1.165) is 35.1 Å². The number of rotatable bonds is 3. The summed E-state index contributed by atoms with van der Waals surface area (Å²) in [7, 11) is 0. The standard InChI is InChI=1S/C20H19NO2/c1-13-9-10-19(17-7-4-6-15(13)17)23-20-11-14(12-22)16-5-2-3-8-18(16)21-20/h2-3,5,8-11,22H,4,6-7,12H2,1H3. The number of aromatic nitrogens is 1. The maximum atomic E-state index is 9.63. The first-order valence-corrected chi connectivity index (χ1v) is 8.05. The predicted octanol–water partition coefficient (Wildman–Crippen LogP) is 4.32. The van der Waals surface area contributed by atoms with E-state index in [0.29, 0.717) is 5.88 Å². The molecule has 3 nitrogen and oxygen atoms in total. The Labute approximate surface area is 135 Å². The van der Waals surface area contributed by atoms with Gasteiger partial charge in [-0.05, 0) is 60.6 Å². The molecule has 0 fully saturated rings. The molecule has 23 heavy (non-hydrogen) atoms. The number of benzene rings is 2. The zero-order valence-electron chi connectivity index (χ0n) is 13.2. The zero-order chi connectivity index (χ0) is 15.8. The number of hydrogen-bond donors (Lipinski definition) is 1. The van der Waals surface area contributed by atoms with Crippen molar-refractivity contribution in [3.63, 3.8) is 0 Å². The maximum absolute atomic E-state index is 9.63. The van der Waals surface area contributed by atoms with E-state index in [9.17, 15) is 5.11 Å². The molecule has 0 amide bonds. The third kappa shape index (κ3) is 2.47. The topological polar surface area (TPSA) is 42.4 Å². The molecule has 1 heterocycles. The predicted molar refractivity (Wildman–Crippen MR) is 90.9 cm³/mol. The third-order valence-electron chi connectivity index (χ3n) is 4.64. The van der Waals surface area contributed by atoms with Crippen molar-refractivity contribution in [1.82, 2.24) is 4.98 Å². The molecule has 0 radical (unpaired) electrons. The van der Waals surface area contributed by atoms with Crippen molar-refractivity contribution in [1.29, 1.82) is 0 Å². The lowest BCUT2D eigenvalue weighted by atomic mass is 10.0. The van der Waals surface area contributed by atoms with E-state index in [2.05, 4.69) is 18.0 Å². The second kappa shape index (κ2) is 5.67. The fourth-order valence-electron chi connectivity index (χ4n) is 3.46. The van der Waals surface area contributed by atoms with Crippen LogP contribution in [0.5, 0.6) is 11.6 Å². The lowest BCUT2D eigenvalue weighted by molar-refractivity contribution is 0.282. The van der Waals surface area contributed by atoms with Gasteiger partial charge in [0, 0.05) is 11.5 Å². The van der Waals surface area contributed by atoms with Crippen LogP contribution in [-0.4, -0.2) is 10.1 Å². The molecular weight excluding hydrogens is 286 g/mol. The van der Waals surface area contributed by atoms with Crippen LogP contribution in [-0.2, 0) is 19.4 Å². The van der Waals surface area contributed by atoms with E-state index in [1.807, 2.05) is 36.4 Å². The van der Waals surface area contributed by atoms with Crippen LogP contribution in [0.4, 0.5) is 0 Å². The molecule has 0 saturated heterocycles. The first-order valence-electron chi connectivity index (χ1n) is 8.05. The lowest BCUT2D eigenvalue weighted by Gasteiger charge is -2.13. The molecule has 0 saturated carbocycles. The van der Waals surface area contributed by atoms with Gasteiger partial charge in [-0.25, -0.2) is 4.98 Å². The van der Waals surface area contributed by atoms with Crippen LogP contribution in [0, 0.1) is 6.92 Å². The number of aryl methyl sites for hydroxylation is 1. The van der Waals surface area contributed by atoms with Gasteiger partial charge in [-0.3, -0.25) is 0 Å². The summed E-state index contributed by atoms with van der Waals surface area (Å²) in [5.74, 6) is 1.44. The molecule has 0 unspecified atom stereocenters.